The third-order valence-corrected chi connectivity index (χ3v) is 4.18. The summed E-state index contributed by atoms with van der Waals surface area (Å²) in [6, 6.07) is 8.80. The molecule has 1 aliphatic carbocycles. The zero-order valence-electron chi connectivity index (χ0n) is 14.1. The summed E-state index contributed by atoms with van der Waals surface area (Å²) in [5.41, 5.74) is 2.72. The number of aryl methyl sites for hydroxylation is 1. The topological polar surface area (TPSA) is 21.3 Å². The van der Waals surface area contributed by atoms with Crippen molar-refractivity contribution in [2.45, 2.75) is 77.5 Å². The number of ether oxygens (including phenoxy) is 1. The van der Waals surface area contributed by atoms with E-state index in [1.54, 1.807) is 0 Å². The monoisotopic (exact) mass is 289 g/mol. The molecule has 1 saturated carbocycles. The van der Waals surface area contributed by atoms with Gasteiger partial charge < -0.3 is 10.1 Å². The van der Waals surface area contributed by atoms with Crippen LogP contribution in [-0.4, -0.2) is 18.2 Å². The molecule has 2 nitrogen and oxygen atoms in total. The summed E-state index contributed by atoms with van der Waals surface area (Å²) in [4.78, 5) is 0. The van der Waals surface area contributed by atoms with Gasteiger partial charge in [-0.25, -0.2) is 0 Å². The van der Waals surface area contributed by atoms with E-state index in [-0.39, 0.29) is 11.6 Å². The highest BCUT2D eigenvalue weighted by atomic mass is 16.5. The first kappa shape index (κ1) is 16.5. The minimum Gasteiger partial charge on any atom is -0.369 e. The predicted molar refractivity (Wildman–Crippen MR) is 89.6 cm³/mol. The SMILES string of the molecule is Cc1ccc(C(CNC(C)(C)C)OC2CCCCC2)cc1. The van der Waals surface area contributed by atoms with Gasteiger partial charge in [0.15, 0.2) is 0 Å². The van der Waals surface area contributed by atoms with Crippen molar-refractivity contribution in [2.24, 2.45) is 0 Å². The molecule has 118 valence electrons. The summed E-state index contributed by atoms with van der Waals surface area (Å²) in [6.45, 7) is 9.64. The van der Waals surface area contributed by atoms with Gasteiger partial charge in [-0.05, 0) is 46.1 Å². The maximum atomic E-state index is 6.45. The summed E-state index contributed by atoms with van der Waals surface area (Å²) in [7, 11) is 0. The summed E-state index contributed by atoms with van der Waals surface area (Å²) in [5, 5.41) is 3.60. The van der Waals surface area contributed by atoms with Crippen LogP contribution in [0.4, 0.5) is 0 Å². The fourth-order valence-electron chi connectivity index (χ4n) is 2.86. The third kappa shape index (κ3) is 5.80. The van der Waals surface area contributed by atoms with Crippen LogP contribution in [0.15, 0.2) is 24.3 Å². The van der Waals surface area contributed by atoms with Gasteiger partial charge in [0.25, 0.3) is 0 Å². The fraction of sp³-hybridized carbons (Fsp3) is 0.684. The Morgan fingerprint density at radius 3 is 2.29 bits per heavy atom. The van der Waals surface area contributed by atoms with Gasteiger partial charge >= 0.3 is 0 Å². The molecular formula is C19H31NO. The van der Waals surface area contributed by atoms with Crippen molar-refractivity contribution in [3.63, 3.8) is 0 Å². The average Bonchev–Trinajstić information content (AvgIpc) is 2.45. The van der Waals surface area contributed by atoms with E-state index in [4.69, 9.17) is 4.74 Å². The van der Waals surface area contributed by atoms with E-state index in [1.807, 2.05) is 0 Å². The van der Waals surface area contributed by atoms with Gasteiger partial charge in [0, 0.05) is 12.1 Å². The van der Waals surface area contributed by atoms with E-state index >= 15 is 0 Å². The predicted octanol–water partition coefficient (Wildman–Crippen LogP) is 4.77. The van der Waals surface area contributed by atoms with E-state index in [9.17, 15) is 0 Å². The van der Waals surface area contributed by atoms with Crippen molar-refractivity contribution in [2.75, 3.05) is 6.54 Å². The normalized spacial score (nSPS) is 18.7. The highest BCUT2D eigenvalue weighted by Crippen LogP contribution is 2.27. The zero-order valence-corrected chi connectivity index (χ0v) is 14.1. The maximum absolute atomic E-state index is 6.45. The molecule has 0 bridgehead atoms. The van der Waals surface area contributed by atoms with Crippen LogP contribution < -0.4 is 5.32 Å². The second-order valence-electron chi connectivity index (χ2n) is 7.43. The van der Waals surface area contributed by atoms with Crippen LogP contribution in [0, 0.1) is 6.92 Å². The van der Waals surface area contributed by atoms with Crippen LogP contribution >= 0.6 is 0 Å². The summed E-state index contributed by atoms with van der Waals surface area (Å²) in [6.07, 6.45) is 7.04. The largest absolute Gasteiger partial charge is 0.369 e. The highest BCUT2D eigenvalue weighted by molar-refractivity contribution is 5.23. The molecule has 0 aromatic heterocycles. The number of benzene rings is 1. The molecule has 1 atom stereocenters. The first-order chi connectivity index (χ1) is 9.94. The van der Waals surface area contributed by atoms with Crippen molar-refractivity contribution < 1.29 is 4.74 Å². The van der Waals surface area contributed by atoms with Crippen LogP contribution in [0.3, 0.4) is 0 Å². The Hall–Kier alpha value is -0.860. The fourth-order valence-corrected chi connectivity index (χ4v) is 2.86. The number of nitrogens with one attached hydrogen (secondary N) is 1. The average molecular weight is 289 g/mol. The van der Waals surface area contributed by atoms with Gasteiger partial charge in [0.1, 0.15) is 0 Å². The molecule has 1 unspecified atom stereocenters. The Kier molecular flexibility index (Phi) is 5.83. The van der Waals surface area contributed by atoms with Gasteiger partial charge in [0.2, 0.25) is 0 Å². The van der Waals surface area contributed by atoms with E-state index in [0.717, 1.165) is 6.54 Å². The first-order valence-corrected chi connectivity index (χ1v) is 8.41. The number of rotatable bonds is 5. The Morgan fingerprint density at radius 1 is 1.10 bits per heavy atom. The molecule has 0 heterocycles. The zero-order chi connectivity index (χ0) is 15.3. The molecule has 1 aliphatic rings. The molecule has 2 rings (SSSR count). The van der Waals surface area contributed by atoms with Gasteiger partial charge in [0.05, 0.1) is 12.2 Å². The lowest BCUT2D eigenvalue weighted by molar-refractivity contribution is -0.0327. The second kappa shape index (κ2) is 7.42. The van der Waals surface area contributed by atoms with Gasteiger partial charge in [-0.2, -0.15) is 0 Å². The van der Waals surface area contributed by atoms with Crippen molar-refractivity contribution in [1.82, 2.24) is 5.32 Å². The Bertz CT molecular complexity index is 412. The summed E-state index contributed by atoms with van der Waals surface area (Å²) in [5.74, 6) is 0. The van der Waals surface area contributed by atoms with Crippen LogP contribution in [0.25, 0.3) is 0 Å². The molecule has 0 amide bonds. The molecule has 1 aromatic rings. The Balaban J connectivity index is 2.03. The Morgan fingerprint density at radius 2 is 1.71 bits per heavy atom. The lowest BCUT2D eigenvalue weighted by Crippen LogP contribution is -2.39. The number of hydrogen-bond donors (Lipinski definition) is 1. The van der Waals surface area contributed by atoms with E-state index in [1.165, 1.54) is 43.2 Å². The second-order valence-corrected chi connectivity index (χ2v) is 7.43. The van der Waals surface area contributed by atoms with Gasteiger partial charge in [-0.15, -0.1) is 0 Å². The molecule has 1 aromatic carbocycles. The number of hydrogen-bond acceptors (Lipinski definition) is 2. The molecule has 2 heteroatoms. The Labute approximate surface area is 130 Å². The molecule has 0 aliphatic heterocycles. The van der Waals surface area contributed by atoms with Crippen LogP contribution in [0.1, 0.15) is 70.1 Å². The minimum atomic E-state index is 0.124. The van der Waals surface area contributed by atoms with Crippen LogP contribution in [-0.2, 0) is 4.74 Å². The third-order valence-electron chi connectivity index (χ3n) is 4.18. The van der Waals surface area contributed by atoms with Gasteiger partial charge in [-0.1, -0.05) is 49.1 Å². The maximum Gasteiger partial charge on any atom is 0.0953 e. The molecule has 0 radical (unpaired) electrons. The van der Waals surface area contributed by atoms with Crippen molar-refractivity contribution >= 4 is 0 Å². The standard InChI is InChI=1S/C19H31NO/c1-15-10-12-16(13-11-15)18(14-20-19(2,3)4)21-17-8-6-5-7-9-17/h10-13,17-18,20H,5-9,14H2,1-4H3. The molecule has 1 N–H and O–H groups in total. The minimum absolute atomic E-state index is 0.124. The van der Waals surface area contributed by atoms with E-state index in [2.05, 4.69) is 57.3 Å². The molecular weight excluding hydrogens is 258 g/mol. The smallest absolute Gasteiger partial charge is 0.0953 e. The highest BCUT2D eigenvalue weighted by Gasteiger charge is 2.22. The van der Waals surface area contributed by atoms with Crippen molar-refractivity contribution in [1.29, 1.82) is 0 Å². The molecule has 0 saturated heterocycles. The van der Waals surface area contributed by atoms with E-state index < -0.39 is 0 Å². The van der Waals surface area contributed by atoms with Crippen molar-refractivity contribution in [3.8, 4) is 0 Å². The summed E-state index contributed by atoms with van der Waals surface area (Å²) < 4.78 is 6.45. The van der Waals surface area contributed by atoms with Crippen molar-refractivity contribution in [3.05, 3.63) is 35.4 Å². The molecule has 21 heavy (non-hydrogen) atoms. The van der Waals surface area contributed by atoms with Gasteiger partial charge in [-0.3, -0.25) is 0 Å². The van der Waals surface area contributed by atoms with E-state index in [0.29, 0.717) is 6.10 Å². The molecule has 1 fully saturated rings. The van der Waals surface area contributed by atoms with Crippen LogP contribution in [0.5, 0.6) is 0 Å². The lowest BCUT2D eigenvalue weighted by atomic mass is 9.97. The lowest BCUT2D eigenvalue weighted by Gasteiger charge is -2.30. The quantitative estimate of drug-likeness (QED) is 0.842. The first-order valence-electron chi connectivity index (χ1n) is 8.41. The molecule has 0 spiro atoms. The van der Waals surface area contributed by atoms with Crippen LogP contribution in [0.2, 0.25) is 0 Å². The summed E-state index contributed by atoms with van der Waals surface area (Å²) >= 11 is 0.